The summed E-state index contributed by atoms with van der Waals surface area (Å²) in [6.45, 7) is 6.08. The summed E-state index contributed by atoms with van der Waals surface area (Å²) in [6, 6.07) is 0.410. The van der Waals surface area contributed by atoms with Gasteiger partial charge in [0, 0.05) is 6.04 Å². The first-order valence-corrected chi connectivity index (χ1v) is 9.19. The summed E-state index contributed by atoms with van der Waals surface area (Å²) < 4.78 is 10.9. The second-order valence-electron chi connectivity index (χ2n) is 7.55. The Balaban J connectivity index is 1.38. The molecule has 0 aromatic rings. The van der Waals surface area contributed by atoms with Crippen LogP contribution in [0, 0.1) is 11.8 Å². The number of hydrogen-bond acceptors (Lipinski definition) is 5. The van der Waals surface area contributed by atoms with Gasteiger partial charge in [0.2, 0.25) is 0 Å². The molecule has 0 N–H and O–H groups in total. The number of rotatable bonds is 6. The van der Waals surface area contributed by atoms with Crippen LogP contribution in [0.2, 0.25) is 0 Å². The van der Waals surface area contributed by atoms with Gasteiger partial charge in [0.25, 0.3) is 0 Å². The smallest absolute Gasteiger partial charge is 0.309 e. The molecule has 0 saturated carbocycles. The molecule has 0 aromatic heterocycles. The van der Waals surface area contributed by atoms with Crippen molar-refractivity contribution in [3.8, 4) is 0 Å². The zero-order chi connectivity index (χ0) is 16.4. The van der Waals surface area contributed by atoms with Gasteiger partial charge in [-0.05, 0) is 58.0 Å². The lowest BCUT2D eigenvalue weighted by molar-refractivity contribution is -0.146. The van der Waals surface area contributed by atoms with Crippen LogP contribution >= 0.6 is 0 Å². The van der Waals surface area contributed by atoms with E-state index in [0.29, 0.717) is 6.04 Å². The van der Waals surface area contributed by atoms with Gasteiger partial charge in [-0.15, -0.1) is 0 Å². The van der Waals surface area contributed by atoms with Crippen molar-refractivity contribution in [1.29, 1.82) is 0 Å². The van der Waals surface area contributed by atoms with Crippen molar-refractivity contribution in [2.24, 2.45) is 11.8 Å². The third-order valence-corrected chi connectivity index (χ3v) is 5.62. The molecule has 23 heavy (non-hydrogen) atoms. The van der Waals surface area contributed by atoms with Crippen LogP contribution in [0.15, 0.2) is 0 Å². The molecule has 0 aliphatic carbocycles. The van der Waals surface area contributed by atoms with E-state index in [9.17, 15) is 9.59 Å². The zero-order valence-corrected chi connectivity index (χ0v) is 14.3. The Labute approximate surface area is 138 Å². The van der Waals surface area contributed by atoms with Gasteiger partial charge in [-0.2, -0.15) is 0 Å². The van der Waals surface area contributed by atoms with Crippen molar-refractivity contribution in [1.82, 2.24) is 4.90 Å². The molecule has 3 aliphatic heterocycles. The van der Waals surface area contributed by atoms with Crippen LogP contribution in [0.4, 0.5) is 0 Å². The maximum Gasteiger partial charge on any atom is 0.309 e. The molecular weight excluding hydrogens is 294 g/mol. The fourth-order valence-electron chi connectivity index (χ4n) is 4.23. The number of nitrogens with zero attached hydrogens (tertiary/aromatic N) is 1. The van der Waals surface area contributed by atoms with Crippen molar-refractivity contribution < 1.29 is 19.1 Å². The molecule has 5 unspecified atom stereocenters. The molecule has 130 valence electrons. The van der Waals surface area contributed by atoms with Crippen molar-refractivity contribution in [2.75, 3.05) is 13.1 Å². The number of esters is 2. The van der Waals surface area contributed by atoms with E-state index in [2.05, 4.69) is 4.90 Å². The second-order valence-corrected chi connectivity index (χ2v) is 7.55. The maximum atomic E-state index is 11.6. The van der Waals surface area contributed by atoms with Crippen molar-refractivity contribution in [2.45, 2.75) is 77.0 Å². The third kappa shape index (κ3) is 3.87. The molecule has 3 rings (SSSR count). The minimum Gasteiger partial charge on any atom is -0.462 e. The van der Waals surface area contributed by atoms with E-state index in [0.717, 1.165) is 51.6 Å². The molecule has 3 heterocycles. The van der Waals surface area contributed by atoms with Crippen molar-refractivity contribution >= 4 is 11.9 Å². The van der Waals surface area contributed by atoms with Crippen molar-refractivity contribution in [3.05, 3.63) is 0 Å². The third-order valence-electron chi connectivity index (χ3n) is 5.62. The lowest BCUT2D eigenvalue weighted by atomic mass is 10.00. The average Bonchev–Trinajstić information content (AvgIpc) is 3.18. The summed E-state index contributed by atoms with van der Waals surface area (Å²) in [5.41, 5.74) is 0. The summed E-state index contributed by atoms with van der Waals surface area (Å²) in [6.07, 6.45) is 7.50. The van der Waals surface area contributed by atoms with Crippen LogP contribution in [0.1, 0.15) is 58.8 Å². The molecule has 3 saturated heterocycles. The van der Waals surface area contributed by atoms with E-state index >= 15 is 0 Å². The van der Waals surface area contributed by atoms with Crippen LogP contribution in [0.5, 0.6) is 0 Å². The Morgan fingerprint density at radius 2 is 1.78 bits per heavy atom. The maximum absolute atomic E-state index is 11.6. The van der Waals surface area contributed by atoms with Gasteiger partial charge in [-0.3, -0.25) is 14.5 Å². The Morgan fingerprint density at radius 1 is 1.04 bits per heavy atom. The molecule has 5 heteroatoms. The molecule has 0 bridgehead atoms. The standard InChI is InChI=1S/C18H29NO4/c1-12-10-14(22-17(12)20)6-3-4-8-19-9-5-7-15(19)16-11-13(2)18(21)23-16/h12-16H,3-11H2,1-2H3. The highest BCUT2D eigenvalue weighted by Gasteiger charge is 2.40. The molecule has 3 aliphatic rings. The number of unbranched alkanes of at least 4 members (excludes halogenated alkanes) is 1. The number of likely N-dealkylation sites (tertiary alicyclic amines) is 1. The minimum atomic E-state index is -0.0354. The largest absolute Gasteiger partial charge is 0.462 e. The lowest BCUT2D eigenvalue weighted by Gasteiger charge is -2.28. The van der Waals surface area contributed by atoms with E-state index in [1.54, 1.807) is 0 Å². The predicted octanol–water partition coefficient (Wildman–Crippen LogP) is 2.52. The summed E-state index contributed by atoms with van der Waals surface area (Å²) in [5.74, 6) is 0.0642. The normalized spacial score (nSPS) is 38.1. The fraction of sp³-hybridized carbons (Fsp3) is 0.889. The minimum absolute atomic E-state index is 0.0287. The van der Waals surface area contributed by atoms with Gasteiger partial charge in [0.1, 0.15) is 12.2 Å². The Bertz CT molecular complexity index is 452. The Morgan fingerprint density at radius 3 is 2.43 bits per heavy atom. The quantitative estimate of drug-likeness (QED) is 0.555. The van der Waals surface area contributed by atoms with Gasteiger partial charge in [0.15, 0.2) is 0 Å². The number of carbonyl (C=O) groups is 2. The predicted molar refractivity (Wildman–Crippen MR) is 85.8 cm³/mol. The Kier molecular flexibility index (Phi) is 5.24. The van der Waals surface area contributed by atoms with E-state index < -0.39 is 0 Å². The van der Waals surface area contributed by atoms with E-state index in [1.807, 2.05) is 13.8 Å². The lowest BCUT2D eigenvalue weighted by Crippen LogP contribution is -2.39. The second kappa shape index (κ2) is 7.20. The SMILES string of the molecule is CC1CC(CCCCN2CCCC2C2CC(C)C(=O)O2)OC1=O. The summed E-state index contributed by atoms with van der Waals surface area (Å²) in [4.78, 5) is 25.5. The monoisotopic (exact) mass is 323 g/mol. The number of cyclic esters (lactones) is 2. The molecule has 0 spiro atoms. The highest BCUT2D eigenvalue weighted by atomic mass is 16.6. The summed E-state index contributed by atoms with van der Waals surface area (Å²) in [5, 5.41) is 0. The molecule has 3 fully saturated rings. The topological polar surface area (TPSA) is 55.8 Å². The number of carbonyl (C=O) groups excluding carboxylic acids is 2. The molecule has 0 radical (unpaired) electrons. The zero-order valence-electron chi connectivity index (χ0n) is 14.3. The van der Waals surface area contributed by atoms with E-state index in [-0.39, 0.29) is 36.0 Å². The van der Waals surface area contributed by atoms with Gasteiger partial charge in [0.05, 0.1) is 11.8 Å². The summed E-state index contributed by atoms with van der Waals surface area (Å²) in [7, 11) is 0. The van der Waals surface area contributed by atoms with Crippen molar-refractivity contribution in [3.63, 3.8) is 0 Å². The van der Waals surface area contributed by atoms with Gasteiger partial charge < -0.3 is 9.47 Å². The van der Waals surface area contributed by atoms with Gasteiger partial charge >= 0.3 is 11.9 Å². The molecule has 5 nitrogen and oxygen atoms in total. The van der Waals surface area contributed by atoms with Crippen LogP contribution in [0.25, 0.3) is 0 Å². The first kappa shape index (κ1) is 16.7. The molecular formula is C18H29NO4. The fourth-order valence-corrected chi connectivity index (χ4v) is 4.23. The highest BCUT2D eigenvalue weighted by molar-refractivity contribution is 5.74. The van der Waals surface area contributed by atoms with E-state index in [4.69, 9.17) is 9.47 Å². The van der Waals surface area contributed by atoms with Crippen LogP contribution in [-0.2, 0) is 19.1 Å². The van der Waals surface area contributed by atoms with Gasteiger partial charge in [-0.25, -0.2) is 0 Å². The average molecular weight is 323 g/mol. The molecule has 5 atom stereocenters. The van der Waals surface area contributed by atoms with E-state index in [1.165, 1.54) is 6.42 Å². The van der Waals surface area contributed by atoms with Crippen LogP contribution < -0.4 is 0 Å². The first-order valence-electron chi connectivity index (χ1n) is 9.19. The number of ether oxygens (including phenoxy) is 2. The highest BCUT2D eigenvalue weighted by Crippen LogP contribution is 2.31. The Hall–Kier alpha value is -1.10. The number of hydrogen-bond donors (Lipinski definition) is 0. The molecule has 0 amide bonds. The van der Waals surface area contributed by atoms with Crippen LogP contribution in [-0.4, -0.2) is 48.2 Å². The summed E-state index contributed by atoms with van der Waals surface area (Å²) >= 11 is 0. The molecule has 0 aromatic carbocycles. The van der Waals surface area contributed by atoms with Crippen LogP contribution in [0.3, 0.4) is 0 Å². The first-order chi connectivity index (χ1) is 11.0. The van der Waals surface area contributed by atoms with Gasteiger partial charge in [-0.1, -0.05) is 13.8 Å².